The van der Waals surface area contributed by atoms with Crippen molar-refractivity contribution in [3.8, 4) is 11.8 Å². The zero-order chi connectivity index (χ0) is 11.2. The third kappa shape index (κ3) is 22.5. The Morgan fingerprint density at radius 3 is 2.57 bits per heavy atom. The van der Waals surface area contributed by atoms with Gasteiger partial charge in [-0.1, -0.05) is 41.1 Å². The van der Waals surface area contributed by atoms with Crippen molar-refractivity contribution >= 4 is 21.9 Å². The zero-order valence-corrected chi connectivity index (χ0v) is 9.97. The number of carbonyl (C=O) groups excluding carboxylic acids is 1. The second-order valence-corrected chi connectivity index (χ2v) is 2.87. The molecule has 0 aromatic rings. The normalized spacial score (nSPS) is 8.50. The van der Waals surface area contributed by atoms with Crippen molar-refractivity contribution in [2.75, 3.05) is 11.9 Å². The molecule has 0 aromatic heterocycles. The van der Waals surface area contributed by atoms with Crippen molar-refractivity contribution in [1.82, 2.24) is 0 Å². The van der Waals surface area contributed by atoms with E-state index in [0.29, 0.717) is 5.33 Å². The molecule has 0 rings (SSSR count). The smallest absolute Gasteiger partial charge is 0.0739 e. The van der Waals surface area contributed by atoms with Crippen LogP contribution in [-0.2, 0) is 4.79 Å². The Labute approximate surface area is 93.5 Å². The number of hydrogen-bond acceptors (Lipinski definition) is 2. The van der Waals surface area contributed by atoms with Gasteiger partial charge in [-0.3, -0.25) is 0 Å². The third-order valence-electron chi connectivity index (χ3n) is 1.08. The summed E-state index contributed by atoms with van der Waals surface area (Å²) >= 11 is 3.05. The van der Waals surface area contributed by atoms with Gasteiger partial charge in [0.25, 0.3) is 0 Å². The molecule has 0 aromatic carbocycles. The standard InChI is InChI=1S/C6H5BrO2.C4H11N/c7-5-3-1-2-4-6(8)9;1-2-3-4-5/h2,4H,5H2,(H,8,9);2-5H2,1H3. The van der Waals surface area contributed by atoms with Crippen LogP contribution >= 0.6 is 15.9 Å². The molecule has 0 saturated carbocycles. The van der Waals surface area contributed by atoms with Crippen LogP contribution in [0.5, 0.6) is 0 Å². The van der Waals surface area contributed by atoms with E-state index < -0.39 is 5.97 Å². The molecule has 14 heavy (non-hydrogen) atoms. The minimum absolute atomic E-state index is 0.546. The Balaban J connectivity index is 0. The number of unbranched alkanes of at least 4 members (excludes halogenated alkanes) is 1. The Kier molecular flexibility index (Phi) is 16.5. The second kappa shape index (κ2) is 14.7. The summed E-state index contributed by atoms with van der Waals surface area (Å²) in [6.45, 7) is 3.27. The first-order chi connectivity index (χ1) is 6.68. The number of carboxylic acid groups (broad SMARTS) is 1. The molecule has 3 nitrogen and oxygen atoms in total. The lowest BCUT2D eigenvalue weighted by atomic mass is 10.3. The molecule has 3 N–H and O–H groups in total. The van der Waals surface area contributed by atoms with E-state index in [-0.39, 0.29) is 0 Å². The molecule has 4 heteroatoms. The fraction of sp³-hybridized carbons (Fsp3) is 0.500. The van der Waals surface area contributed by atoms with Crippen LogP contribution in [0.2, 0.25) is 0 Å². The predicted octanol–water partition coefficient (Wildman–Crippen LogP) is -0.281. The van der Waals surface area contributed by atoms with Crippen LogP contribution in [0.15, 0.2) is 12.2 Å². The average molecular weight is 262 g/mol. The van der Waals surface area contributed by atoms with Gasteiger partial charge < -0.3 is 15.6 Å². The summed E-state index contributed by atoms with van der Waals surface area (Å²) in [5.41, 5.74) is 3.68. The molecular formula is C10H16BrNO2. The molecule has 0 aliphatic rings. The molecule has 0 aliphatic carbocycles. The lowest BCUT2D eigenvalue weighted by Crippen LogP contribution is -2.49. The number of aliphatic carboxylic acids is 1. The number of rotatable bonds is 3. The van der Waals surface area contributed by atoms with Crippen molar-refractivity contribution in [2.24, 2.45) is 0 Å². The minimum Gasteiger partial charge on any atom is -0.545 e. The first-order valence-corrected chi connectivity index (χ1v) is 5.52. The van der Waals surface area contributed by atoms with Crippen LogP contribution in [0.1, 0.15) is 19.8 Å². The van der Waals surface area contributed by atoms with Crippen LogP contribution in [0.4, 0.5) is 0 Å². The van der Waals surface area contributed by atoms with Crippen LogP contribution in [0, 0.1) is 11.8 Å². The molecule has 0 amide bonds. The summed E-state index contributed by atoms with van der Waals surface area (Å²) in [6, 6.07) is 0. The predicted molar refractivity (Wildman–Crippen MR) is 58.4 cm³/mol. The Hall–Kier alpha value is -0.790. The first-order valence-electron chi connectivity index (χ1n) is 4.40. The maximum absolute atomic E-state index is 9.69. The van der Waals surface area contributed by atoms with Crippen LogP contribution in [0.3, 0.4) is 0 Å². The molecule has 0 unspecified atom stereocenters. The van der Waals surface area contributed by atoms with Gasteiger partial charge in [0.15, 0.2) is 0 Å². The van der Waals surface area contributed by atoms with Gasteiger partial charge in [0.05, 0.1) is 17.8 Å². The van der Waals surface area contributed by atoms with Gasteiger partial charge in [-0.05, 0) is 18.6 Å². The number of carbonyl (C=O) groups is 1. The molecule has 80 valence electrons. The van der Waals surface area contributed by atoms with Gasteiger partial charge in [0, 0.05) is 0 Å². The van der Waals surface area contributed by atoms with E-state index in [0.717, 1.165) is 12.6 Å². The third-order valence-corrected chi connectivity index (χ3v) is 1.36. The quantitative estimate of drug-likeness (QED) is 0.432. The monoisotopic (exact) mass is 261 g/mol. The molecule has 0 bridgehead atoms. The molecular weight excluding hydrogens is 246 g/mol. The van der Waals surface area contributed by atoms with Crippen molar-refractivity contribution in [2.45, 2.75) is 19.8 Å². The number of halogens is 1. The van der Waals surface area contributed by atoms with Gasteiger partial charge >= 0.3 is 0 Å². The number of carboxylic acids is 1. The van der Waals surface area contributed by atoms with Crippen LogP contribution in [0.25, 0.3) is 0 Å². The summed E-state index contributed by atoms with van der Waals surface area (Å²) in [4.78, 5) is 9.69. The first kappa shape index (κ1) is 15.7. The van der Waals surface area contributed by atoms with Gasteiger partial charge in [-0.15, -0.1) is 0 Å². The van der Waals surface area contributed by atoms with E-state index in [2.05, 4.69) is 40.4 Å². The fourth-order valence-corrected chi connectivity index (χ4v) is 0.619. The Morgan fingerprint density at radius 2 is 2.29 bits per heavy atom. The maximum atomic E-state index is 9.69. The highest BCUT2D eigenvalue weighted by Gasteiger charge is 1.71. The fourth-order valence-electron chi connectivity index (χ4n) is 0.457. The second-order valence-electron chi connectivity index (χ2n) is 2.31. The van der Waals surface area contributed by atoms with Gasteiger partial charge in [0.2, 0.25) is 0 Å². The Morgan fingerprint density at radius 1 is 1.64 bits per heavy atom. The largest absolute Gasteiger partial charge is 0.545 e. The highest BCUT2D eigenvalue weighted by atomic mass is 79.9. The summed E-state index contributed by atoms with van der Waals surface area (Å²) in [6.07, 6.45) is 4.68. The molecule has 0 radical (unpaired) electrons. The molecule has 0 heterocycles. The van der Waals surface area contributed by atoms with Gasteiger partial charge in [-0.2, -0.15) is 0 Å². The number of hydrogen-bond donors (Lipinski definition) is 1. The summed E-state index contributed by atoms with van der Waals surface area (Å²) in [7, 11) is 0. The zero-order valence-electron chi connectivity index (χ0n) is 8.38. The highest BCUT2D eigenvalue weighted by molar-refractivity contribution is 9.09. The average Bonchev–Trinajstić information content (AvgIpc) is 2.15. The van der Waals surface area contributed by atoms with Gasteiger partial charge in [-0.25, -0.2) is 0 Å². The van der Waals surface area contributed by atoms with Crippen LogP contribution in [-0.4, -0.2) is 17.8 Å². The summed E-state index contributed by atoms with van der Waals surface area (Å²) in [5, 5.41) is 10.2. The molecule has 0 fully saturated rings. The van der Waals surface area contributed by atoms with Crippen molar-refractivity contribution < 1.29 is 15.6 Å². The van der Waals surface area contributed by atoms with E-state index in [1.54, 1.807) is 0 Å². The van der Waals surface area contributed by atoms with E-state index in [1.165, 1.54) is 18.9 Å². The molecule has 0 saturated heterocycles. The highest BCUT2D eigenvalue weighted by Crippen LogP contribution is 1.75. The van der Waals surface area contributed by atoms with Crippen molar-refractivity contribution in [1.29, 1.82) is 0 Å². The molecule has 0 atom stereocenters. The number of alkyl halides is 1. The lowest BCUT2D eigenvalue weighted by molar-refractivity contribution is -0.368. The van der Waals surface area contributed by atoms with Crippen LogP contribution < -0.4 is 10.8 Å². The summed E-state index contributed by atoms with van der Waals surface area (Å²) in [5.74, 6) is 3.84. The van der Waals surface area contributed by atoms with E-state index in [1.807, 2.05) is 0 Å². The number of allylic oxidation sites excluding steroid dienone is 1. The van der Waals surface area contributed by atoms with E-state index in [9.17, 15) is 9.90 Å². The van der Waals surface area contributed by atoms with Crippen molar-refractivity contribution in [3.05, 3.63) is 12.2 Å². The van der Waals surface area contributed by atoms with Gasteiger partial charge in [0.1, 0.15) is 0 Å². The lowest BCUT2D eigenvalue weighted by Gasteiger charge is -1.83. The number of quaternary nitrogens is 1. The van der Waals surface area contributed by atoms with Crippen molar-refractivity contribution in [3.63, 3.8) is 0 Å². The molecule has 0 spiro atoms. The van der Waals surface area contributed by atoms with E-state index in [4.69, 9.17) is 0 Å². The summed E-state index contributed by atoms with van der Waals surface area (Å²) < 4.78 is 0. The molecule has 0 aliphatic heterocycles. The minimum atomic E-state index is -1.22. The maximum Gasteiger partial charge on any atom is 0.0739 e. The topological polar surface area (TPSA) is 67.8 Å². The Bertz CT molecular complexity index is 214. The SMILES string of the molecule is CCCC[NH3+].O=C([O-])C=CC#CCBr. The van der Waals surface area contributed by atoms with E-state index >= 15 is 0 Å².